The number of aryl methyl sites for hydroxylation is 1. The fourth-order valence-corrected chi connectivity index (χ4v) is 5.48. The second-order valence-corrected chi connectivity index (χ2v) is 9.88. The van der Waals surface area contributed by atoms with Gasteiger partial charge in [-0.3, -0.25) is 4.79 Å². The Morgan fingerprint density at radius 2 is 1.62 bits per heavy atom. The molecule has 5 nitrogen and oxygen atoms in total. The molecule has 1 heterocycles. The molecule has 1 atom stereocenters. The number of nitrogens with one attached hydrogen (secondary N) is 1. The van der Waals surface area contributed by atoms with Crippen molar-refractivity contribution in [3.05, 3.63) is 115 Å². The quantitative estimate of drug-likeness (QED) is 0.345. The van der Waals surface area contributed by atoms with Crippen molar-refractivity contribution in [2.75, 3.05) is 6.61 Å². The molecule has 0 saturated carbocycles. The first-order chi connectivity index (χ1) is 17.8. The zero-order valence-corrected chi connectivity index (χ0v) is 22.2. The fraction of sp³-hybridized carbons (Fsp3) is 0.200. The van der Waals surface area contributed by atoms with Crippen molar-refractivity contribution >= 4 is 40.7 Å². The Hall–Kier alpha value is -3.54. The van der Waals surface area contributed by atoms with E-state index in [0.29, 0.717) is 56.1 Å². The number of carbonyl (C=O) groups excluding carboxylic acids is 2. The van der Waals surface area contributed by atoms with Gasteiger partial charge in [0.15, 0.2) is 11.5 Å². The minimum Gasteiger partial charge on any atom is -0.486 e. The Balaban J connectivity index is 1.57. The van der Waals surface area contributed by atoms with Gasteiger partial charge in [0, 0.05) is 28.3 Å². The third-order valence-electron chi connectivity index (χ3n) is 6.60. The Kier molecular flexibility index (Phi) is 6.84. The van der Waals surface area contributed by atoms with Crippen LogP contribution >= 0.6 is 23.2 Å². The SMILES string of the molecule is CCOC(=O)C1=C(C)NC2=C(C(=O)c3ccccc32)[C@H]1c1cc(Cl)c(OCc2ccc(C)cc2)c(Cl)c1. The molecule has 0 fully saturated rings. The summed E-state index contributed by atoms with van der Waals surface area (Å²) in [6, 6.07) is 18.8. The molecule has 1 aliphatic carbocycles. The summed E-state index contributed by atoms with van der Waals surface area (Å²) < 4.78 is 11.4. The van der Waals surface area contributed by atoms with Crippen LogP contribution in [0.4, 0.5) is 0 Å². The maximum atomic E-state index is 13.6. The van der Waals surface area contributed by atoms with Crippen molar-refractivity contribution in [1.82, 2.24) is 5.32 Å². The lowest BCUT2D eigenvalue weighted by molar-refractivity contribution is -0.138. The molecule has 1 N–H and O–H groups in total. The molecular formula is C30H25Cl2NO4. The van der Waals surface area contributed by atoms with E-state index < -0.39 is 11.9 Å². The number of dihydropyridines is 1. The van der Waals surface area contributed by atoms with Crippen LogP contribution in [0.15, 0.2) is 77.5 Å². The van der Waals surface area contributed by atoms with Gasteiger partial charge in [-0.15, -0.1) is 0 Å². The van der Waals surface area contributed by atoms with E-state index in [4.69, 9.17) is 32.7 Å². The van der Waals surface area contributed by atoms with Gasteiger partial charge in [-0.05, 0) is 44.0 Å². The molecule has 5 rings (SSSR count). The number of rotatable bonds is 6. The van der Waals surface area contributed by atoms with Crippen molar-refractivity contribution in [2.24, 2.45) is 0 Å². The Morgan fingerprint density at radius 1 is 0.973 bits per heavy atom. The monoisotopic (exact) mass is 533 g/mol. The van der Waals surface area contributed by atoms with E-state index in [-0.39, 0.29) is 12.4 Å². The van der Waals surface area contributed by atoms with Gasteiger partial charge in [0.05, 0.1) is 27.9 Å². The zero-order chi connectivity index (χ0) is 26.3. The average molecular weight is 534 g/mol. The number of hydrogen-bond donors (Lipinski definition) is 1. The largest absolute Gasteiger partial charge is 0.486 e. The standard InChI is InChI=1S/C30H25Cl2NO4/c1-4-36-30(35)24-17(3)33-27-20-7-5-6-8-21(20)28(34)26(27)25(24)19-13-22(31)29(23(32)14-19)37-15-18-11-9-16(2)10-12-18/h5-14,25,33H,4,15H2,1-3H3/t25-/m0/s1. The normalized spacial score (nSPS) is 16.4. The van der Waals surface area contributed by atoms with Crippen molar-refractivity contribution in [3.63, 3.8) is 0 Å². The van der Waals surface area contributed by atoms with E-state index in [9.17, 15) is 9.59 Å². The van der Waals surface area contributed by atoms with Gasteiger partial charge in [0.2, 0.25) is 0 Å². The third kappa shape index (κ3) is 4.54. The van der Waals surface area contributed by atoms with Crippen molar-refractivity contribution in [2.45, 2.75) is 33.3 Å². The molecule has 0 radical (unpaired) electrons. The van der Waals surface area contributed by atoms with Gasteiger partial charge in [-0.25, -0.2) is 4.79 Å². The van der Waals surface area contributed by atoms with E-state index in [1.54, 1.807) is 32.0 Å². The van der Waals surface area contributed by atoms with Crippen LogP contribution in [0, 0.1) is 6.92 Å². The molecule has 0 bridgehead atoms. The molecule has 188 valence electrons. The topological polar surface area (TPSA) is 64.6 Å². The minimum absolute atomic E-state index is 0.149. The molecule has 0 saturated heterocycles. The number of benzene rings is 3. The van der Waals surface area contributed by atoms with E-state index in [1.165, 1.54) is 0 Å². The zero-order valence-electron chi connectivity index (χ0n) is 20.7. The Bertz CT molecular complexity index is 1460. The number of esters is 1. The van der Waals surface area contributed by atoms with Crippen LogP contribution in [0.1, 0.15) is 52.4 Å². The number of fused-ring (bicyclic) bond motifs is 2. The smallest absolute Gasteiger partial charge is 0.336 e. The van der Waals surface area contributed by atoms with Crippen LogP contribution in [0.2, 0.25) is 10.0 Å². The first-order valence-electron chi connectivity index (χ1n) is 12.0. The summed E-state index contributed by atoms with van der Waals surface area (Å²) in [7, 11) is 0. The number of ether oxygens (including phenoxy) is 2. The summed E-state index contributed by atoms with van der Waals surface area (Å²) in [5, 5.41) is 3.87. The lowest BCUT2D eigenvalue weighted by Crippen LogP contribution is -2.29. The van der Waals surface area contributed by atoms with Gasteiger partial charge in [0.1, 0.15) is 6.61 Å². The highest BCUT2D eigenvalue weighted by atomic mass is 35.5. The molecule has 0 aromatic heterocycles. The molecule has 37 heavy (non-hydrogen) atoms. The van der Waals surface area contributed by atoms with Crippen LogP contribution in [-0.4, -0.2) is 18.4 Å². The molecule has 7 heteroatoms. The van der Waals surface area contributed by atoms with E-state index in [1.807, 2.05) is 49.4 Å². The molecule has 2 aliphatic rings. The summed E-state index contributed by atoms with van der Waals surface area (Å²) in [5.74, 6) is -1.02. The van der Waals surface area contributed by atoms with Gasteiger partial charge in [-0.1, -0.05) is 77.3 Å². The van der Waals surface area contributed by atoms with Crippen LogP contribution in [0.25, 0.3) is 5.70 Å². The number of ketones is 1. The highest BCUT2D eigenvalue weighted by Gasteiger charge is 2.43. The first-order valence-corrected chi connectivity index (χ1v) is 12.8. The number of carbonyl (C=O) groups is 2. The van der Waals surface area contributed by atoms with Crippen molar-refractivity contribution < 1.29 is 19.1 Å². The molecular weight excluding hydrogens is 509 g/mol. The van der Waals surface area contributed by atoms with E-state index in [2.05, 4.69) is 5.32 Å². The second kappa shape index (κ2) is 10.1. The molecule has 3 aromatic rings. The van der Waals surface area contributed by atoms with Crippen LogP contribution in [0.5, 0.6) is 5.75 Å². The number of hydrogen-bond acceptors (Lipinski definition) is 5. The molecule has 0 unspecified atom stereocenters. The second-order valence-electron chi connectivity index (χ2n) is 9.07. The Morgan fingerprint density at radius 3 is 2.27 bits per heavy atom. The summed E-state index contributed by atoms with van der Waals surface area (Å²) >= 11 is 13.4. The van der Waals surface area contributed by atoms with E-state index in [0.717, 1.165) is 16.7 Å². The Labute approximate surface area is 225 Å². The average Bonchev–Trinajstić information content (AvgIpc) is 3.15. The predicted molar refractivity (Wildman–Crippen MR) is 145 cm³/mol. The first kappa shape index (κ1) is 25.1. The summed E-state index contributed by atoms with van der Waals surface area (Å²) in [5.41, 5.74) is 6.23. The predicted octanol–water partition coefficient (Wildman–Crippen LogP) is 7.01. The number of halogens is 2. The molecule has 0 amide bonds. The van der Waals surface area contributed by atoms with Crippen molar-refractivity contribution in [1.29, 1.82) is 0 Å². The van der Waals surface area contributed by atoms with Crippen LogP contribution in [-0.2, 0) is 16.1 Å². The maximum absolute atomic E-state index is 13.6. The molecule has 1 aliphatic heterocycles. The van der Waals surface area contributed by atoms with E-state index >= 15 is 0 Å². The number of allylic oxidation sites excluding steroid dienone is 2. The lowest BCUT2D eigenvalue weighted by Gasteiger charge is -2.29. The molecule has 3 aromatic carbocycles. The van der Waals surface area contributed by atoms with Gasteiger partial charge < -0.3 is 14.8 Å². The van der Waals surface area contributed by atoms with Gasteiger partial charge in [-0.2, -0.15) is 0 Å². The molecule has 0 spiro atoms. The lowest BCUT2D eigenvalue weighted by atomic mass is 9.80. The van der Waals surface area contributed by atoms with Crippen LogP contribution < -0.4 is 10.1 Å². The minimum atomic E-state index is -0.712. The highest BCUT2D eigenvalue weighted by Crippen LogP contribution is 2.48. The summed E-state index contributed by atoms with van der Waals surface area (Å²) in [4.78, 5) is 26.7. The number of Topliss-reactive ketones (excluding diaryl/α,β-unsaturated/α-hetero) is 1. The van der Waals surface area contributed by atoms with Gasteiger partial charge >= 0.3 is 5.97 Å². The third-order valence-corrected chi connectivity index (χ3v) is 7.16. The van der Waals surface area contributed by atoms with Crippen molar-refractivity contribution in [3.8, 4) is 5.75 Å². The van der Waals surface area contributed by atoms with Gasteiger partial charge in [0.25, 0.3) is 0 Å². The summed E-state index contributed by atoms with van der Waals surface area (Å²) in [6.45, 7) is 6.07. The summed E-state index contributed by atoms with van der Waals surface area (Å²) in [6.07, 6.45) is 0. The van der Waals surface area contributed by atoms with Crippen LogP contribution in [0.3, 0.4) is 0 Å². The fourth-order valence-electron chi connectivity index (χ4n) is 4.87. The maximum Gasteiger partial charge on any atom is 0.336 e. The highest BCUT2D eigenvalue weighted by molar-refractivity contribution is 6.37.